The third-order valence-electron chi connectivity index (χ3n) is 10.0. The highest BCUT2D eigenvalue weighted by Gasteiger charge is 2.22. The van der Waals surface area contributed by atoms with Crippen LogP contribution in [0, 0.1) is 0 Å². The van der Waals surface area contributed by atoms with E-state index in [9.17, 15) is 0 Å². The van der Waals surface area contributed by atoms with Gasteiger partial charge in [0.1, 0.15) is 0 Å². The lowest BCUT2D eigenvalue weighted by molar-refractivity contribution is 1.17. The number of nitrogens with zero attached hydrogens (tertiary/aromatic N) is 4. The van der Waals surface area contributed by atoms with Crippen LogP contribution in [0.15, 0.2) is 158 Å². The monoisotopic (exact) mass is 654 g/mol. The minimum atomic E-state index is 0.658. The zero-order valence-electron chi connectivity index (χ0n) is 26.7. The van der Waals surface area contributed by atoms with Crippen LogP contribution in [-0.2, 0) is 0 Å². The predicted octanol–water partition coefficient (Wildman–Crippen LogP) is 12.1. The highest BCUT2D eigenvalue weighted by molar-refractivity contribution is 7.27. The summed E-state index contributed by atoms with van der Waals surface area (Å²) in [5, 5.41) is 11.0. The summed E-state index contributed by atoms with van der Waals surface area (Å²) in [6.45, 7) is 0. The second-order valence-corrected chi connectivity index (χ2v) is 13.8. The average molecular weight is 655 g/mol. The fourth-order valence-corrected chi connectivity index (χ4v) is 9.16. The molecule has 0 saturated carbocycles. The Kier molecular flexibility index (Phi) is 5.80. The van der Waals surface area contributed by atoms with E-state index in [1.54, 1.807) is 6.20 Å². The maximum atomic E-state index is 5.22. The number of pyridine rings is 1. The summed E-state index contributed by atoms with van der Waals surface area (Å²) in [5.74, 6) is 0.658. The van der Waals surface area contributed by atoms with Crippen LogP contribution >= 0.6 is 11.3 Å². The van der Waals surface area contributed by atoms with Crippen molar-refractivity contribution >= 4 is 85.9 Å². The molecule has 0 amide bonds. The Balaban J connectivity index is 1.15. The first-order valence-corrected chi connectivity index (χ1v) is 17.6. The van der Waals surface area contributed by atoms with Crippen LogP contribution in [0.4, 0.5) is 0 Å². The van der Waals surface area contributed by atoms with E-state index in [0.29, 0.717) is 11.5 Å². The van der Waals surface area contributed by atoms with Crippen LogP contribution in [0.2, 0.25) is 0 Å². The van der Waals surface area contributed by atoms with E-state index in [1.165, 1.54) is 58.1 Å². The smallest absolute Gasteiger partial charge is 0.163 e. The summed E-state index contributed by atoms with van der Waals surface area (Å²) in [6, 6.07) is 54.0. The quantitative estimate of drug-likeness (QED) is 0.190. The molecule has 0 spiro atoms. The van der Waals surface area contributed by atoms with Gasteiger partial charge in [-0.3, -0.25) is 0 Å². The first-order chi connectivity index (χ1) is 24.8. The Hall–Kier alpha value is -6.43. The van der Waals surface area contributed by atoms with Gasteiger partial charge in [-0.1, -0.05) is 103 Å². The van der Waals surface area contributed by atoms with Crippen molar-refractivity contribution in [1.82, 2.24) is 19.5 Å². The lowest BCUT2D eigenvalue weighted by Crippen LogP contribution is -1.98. The summed E-state index contributed by atoms with van der Waals surface area (Å²) >= 11 is 1.89. The van der Waals surface area contributed by atoms with Gasteiger partial charge >= 0.3 is 0 Å². The molecule has 232 valence electrons. The van der Waals surface area contributed by atoms with Crippen molar-refractivity contribution in [2.24, 2.45) is 0 Å². The molecule has 4 heterocycles. The molecular weight excluding hydrogens is 629 g/mol. The summed E-state index contributed by atoms with van der Waals surface area (Å²) in [5.41, 5.74) is 7.11. The molecule has 0 radical (unpaired) electrons. The lowest BCUT2D eigenvalue weighted by atomic mass is 9.99. The van der Waals surface area contributed by atoms with E-state index in [4.69, 9.17) is 9.97 Å². The number of hydrogen-bond donors (Lipinski definition) is 0. The van der Waals surface area contributed by atoms with Gasteiger partial charge in [-0.15, -0.1) is 11.3 Å². The molecule has 4 nitrogen and oxygen atoms in total. The molecule has 11 aromatic rings. The second kappa shape index (κ2) is 10.5. The molecule has 0 N–H and O–H groups in total. The molecule has 0 saturated heterocycles. The van der Waals surface area contributed by atoms with Gasteiger partial charge in [0.15, 0.2) is 11.5 Å². The topological polar surface area (TPSA) is 43.6 Å². The minimum Gasteiger partial charge on any atom is -0.309 e. The van der Waals surface area contributed by atoms with E-state index in [0.717, 1.165) is 33.3 Å². The minimum absolute atomic E-state index is 0.658. The molecular formula is C45H26N4S. The highest BCUT2D eigenvalue weighted by Crippen LogP contribution is 2.48. The maximum absolute atomic E-state index is 5.22. The number of rotatable bonds is 3. The molecule has 0 aliphatic rings. The number of benzene rings is 7. The molecule has 4 aromatic heterocycles. The number of para-hydroxylation sites is 1. The van der Waals surface area contributed by atoms with Gasteiger partial charge in [-0.2, -0.15) is 0 Å². The fraction of sp³-hybridized carbons (Fsp3) is 0. The molecule has 11 rings (SSSR count). The van der Waals surface area contributed by atoms with E-state index in [-0.39, 0.29) is 0 Å². The van der Waals surface area contributed by atoms with Gasteiger partial charge in [0.05, 0.1) is 16.7 Å². The van der Waals surface area contributed by atoms with E-state index >= 15 is 0 Å². The van der Waals surface area contributed by atoms with Crippen molar-refractivity contribution in [2.45, 2.75) is 0 Å². The number of aromatic nitrogens is 4. The summed E-state index contributed by atoms with van der Waals surface area (Å²) in [4.78, 5) is 14.9. The highest BCUT2D eigenvalue weighted by atomic mass is 32.1. The average Bonchev–Trinajstić information content (AvgIpc) is 3.74. The molecule has 0 atom stereocenters. The van der Waals surface area contributed by atoms with Gasteiger partial charge in [0.2, 0.25) is 0 Å². The summed E-state index contributed by atoms with van der Waals surface area (Å²) < 4.78 is 5.09. The Bertz CT molecular complexity index is 3150. The third kappa shape index (κ3) is 3.89. The number of fused-ring (bicyclic) bond motifs is 12. The molecule has 5 heteroatoms. The van der Waals surface area contributed by atoms with Gasteiger partial charge in [-0.25, -0.2) is 15.0 Å². The van der Waals surface area contributed by atoms with Crippen LogP contribution in [-0.4, -0.2) is 19.5 Å². The molecule has 0 bridgehead atoms. The van der Waals surface area contributed by atoms with Gasteiger partial charge in [0.25, 0.3) is 0 Å². The van der Waals surface area contributed by atoms with E-state index in [2.05, 4.69) is 155 Å². The standard InChI is InChI=1S/C45H26N4S/c1-2-13-30-27(11-1)12-9-18-32(30)41-36-19-10-26-46-45(36)48-44(47-41)28-22-24-29(25-23-28)49-37-20-7-5-16-34(37)40-42(49)33-15-4-3-14-31(33)39-35-17-6-8-21-38(35)50-43(39)40/h1-26H. The molecule has 0 fully saturated rings. The van der Waals surface area contributed by atoms with Gasteiger partial charge in [0, 0.05) is 64.7 Å². The Morgan fingerprint density at radius 3 is 2.08 bits per heavy atom. The van der Waals surface area contributed by atoms with Crippen LogP contribution < -0.4 is 0 Å². The van der Waals surface area contributed by atoms with Crippen LogP contribution in [0.25, 0.3) is 103 Å². The Labute approximate surface area is 290 Å². The van der Waals surface area contributed by atoms with Crippen molar-refractivity contribution in [3.8, 4) is 28.3 Å². The van der Waals surface area contributed by atoms with Crippen LogP contribution in [0.5, 0.6) is 0 Å². The fourth-order valence-electron chi connectivity index (χ4n) is 7.88. The van der Waals surface area contributed by atoms with Crippen LogP contribution in [0.1, 0.15) is 0 Å². The predicted molar refractivity (Wildman–Crippen MR) is 210 cm³/mol. The SMILES string of the molecule is c1ccc2c(-c3nc(-c4ccc(-n5c6ccccc6c6c7sc8ccccc8c7c7ccccc7c65)cc4)nc4ncccc34)cccc2c1. The van der Waals surface area contributed by atoms with Crippen molar-refractivity contribution in [1.29, 1.82) is 0 Å². The molecule has 50 heavy (non-hydrogen) atoms. The number of thiophene rings is 1. The summed E-state index contributed by atoms with van der Waals surface area (Å²) in [6.07, 6.45) is 1.80. The molecule has 7 aromatic carbocycles. The summed E-state index contributed by atoms with van der Waals surface area (Å²) in [7, 11) is 0. The largest absolute Gasteiger partial charge is 0.309 e. The van der Waals surface area contributed by atoms with Gasteiger partial charge in [-0.05, 0) is 64.7 Å². The molecule has 0 unspecified atom stereocenters. The molecule has 0 aliphatic carbocycles. The zero-order chi connectivity index (χ0) is 32.8. The zero-order valence-corrected chi connectivity index (χ0v) is 27.5. The maximum Gasteiger partial charge on any atom is 0.163 e. The second-order valence-electron chi connectivity index (χ2n) is 12.8. The van der Waals surface area contributed by atoms with E-state index in [1.807, 2.05) is 17.4 Å². The van der Waals surface area contributed by atoms with Crippen molar-refractivity contribution in [3.63, 3.8) is 0 Å². The normalized spacial score (nSPS) is 12.0. The third-order valence-corrected chi connectivity index (χ3v) is 11.2. The Morgan fingerprint density at radius 1 is 0.500 bits per heavy atom. The van der Waals surface area contributed by atoms with Gasteiger partial charge < -0.3 is 4.57 Å². The Morgan fingerprint density at radius 2 is 1.20 bits per heavy atom. The number of hydrogen-bond acceptors (Lipinski definition) is 4. The van der Waals surface area contributed by atoms with Crippen molar-refractivity contribution in [2.75, 3.05) is 0 Å². The lowest BCUT2D eigenvalue weighted by Gasteiger charge is -2.13. The molecule has 0 aliphatic heterocycles. The van der Waals surface area contributed by atoms with Crippen LogP contribution in [0.3, 0.4) is 0 Å². The van der Waals surface area contributed by atoms with E-state index < -0.39 is 0 Å². The first kappa shape index (κ1) is 27.5. The van der Waals surface area contributed by atoms with Crippen molar-refractivity contribution < 1.29 is 0 Å². The first-order valence-electron chi connectivity index (χ1n) is 16.8. The van der Waals surface area contributed by atoms with Crippen molar-refractivity contribution in [3.05, 3.63) is 158 Å².